The van der Waals surface area contributed by atoms with E-state index in [1.807, 2.05) is 26.8 Å². The number of carbonyl (C=O) groups is 3. The van der Waals surface area contributed by atoms with E-state index in [1.165, 1.54) is 12.1 Å². The second kappa shape index (κ2) is 10.9. The first-order valence-corrected chi connectivity index (χ1v) is 12.4. The Morgan fingerprint density at radius 3 is 2.44 bits per heavy atom. The number of ether oxygens (including phenoxy) is 1. The summed E-state index contributed by atoms with van der Waals surface area (Å²) in [4.78, 5) is 50.0. The molecule has 2 amide bonds. The lowest BCUT2D eigenvalue weighted by atomic mass is 10.1. The molecule has 0 fully saturated rings. The van der Waals surface area contributed by atoms with Crippen LogP contribution in [0.3, 0.4) is 0 Å². The molecule has 0 atom stereocenters. The molecular formula is C26H23ClN4O4S. The topological polar surface area (TPSA) is 101 Å². The molecule has 4 rings (SSSR count). The highest BCUT2D eigenvalue weighted by Gasteiger charge is 2.42. The first-order chi connectivity index (χ1) is 17.3. The summed E-state index contributed by atoms with van der Waals surface area (Å²) in [5, 5.41) is 3.82. The van der Waals surface area contributed by atoms with Crippen molar-refractivity contribution >= 4 is 52.5 Å². The number of anilines is 2. The number of thioether (sulfide) groups is 1. The Labute approximate surface area is 217 Å². The SMILES string of the molecule is CCCOC(=O)c1ccccc1N1C(=O)C(Nc2cccc(Cl)c2)=C(Sc2nc(C)cc(C)n2)C1=O. The van der Waals surface area contributed by atoms with Gasteiger partial charge < -0.3 is 10.1 Å². The number of aromatic nitrogens is 2. The molecule has 0 spiro atoms. The minimum Gasteiger partial charge on any atom is -0.462 e. The molecule has 0 unspecified atom stereocenters. The molecule has 8 nitrogen and oxygen atoms in total. The van der Waals surface area contributed by atoms with Crippen LogP contribution in [0.15, 0.2) is 70.4 Å². The van der Waals surface area contributed by atoms with Crippen LogP contribution in [0.5, 0.6) is 0 Å². The first kappa shape index (κ1) is 25.4. The largest absolute Gasteiger partial charge is 0.462 e. The van der Waals surface area contributed by atoms with Gasteiger partial charge in [0, 0.05) is 22.1 Å². The van der Waals surface area contributed by atoms with Gasteiger partial charge in [-0.05, 0) is 68.4 Å². The quantitative estimate of drug-likeness (QED) is 0.241. The van der Waals surface area contributed by atoms with Gasteiger partial charge in [-0.1, -0.05) is 36.7 Å². The van der Waals surface area contributed by atoms with Crippen molar-refractivity contribution in [2.75, 3.05) is 16.8 Å². The molecule has 36 heavy (non-hydrogen) atoms. The van der Waals surface area contributed by atoms with Crippen molar-refractivity contribution in [2.45, 2.75) is 32.3 Å². The Balaban J connectivity index is 1.78. The van der Waals surface area contributed by atoms with Gasteiger partial charge in [-0.15, -0.1) is 0 Å². The molecule has 2 heterocycles. The number of esters is 1. The lowest BCUT2D eigenvalue weighted by Crippen LogP contribution is -2.33. The summed E-state index contributed by atoms with van der Waals surface area (Å²) in [5.41, 5.74) is 2.27. The van der Waals surface area contributed by atoms with Crippen LogP contribution in [0.1, 0.15) is 35.1 Å². The highest BCUT2D eigenvalue weighted by atomic mass is 35.5. The molecule has 0 saturated carbocycles. The van der Waals surface area contributed by atoms with E-state index < -0.39 is 17.8 Å². The zero-order chi connectivity index (χ0) is 25.8. The molecule has 10 heteroatoms. The number of benzene rings is 2. The number of rotatable bonds is 8. The molecule has 0 bridgehead atoms. The number of halogens is 1. The molecule has 3 aromatic rings. The third kappa shape index (κ3) is 5.42. The smallest absolute Gasteiger partial charge is 0.340 e. The number of aryl methyl sites for hydroxylation is 2. The summed E-state index contributed by atoms with van der Waals surface area (Å²) in [6.45, 7) is 5.75. The lowest BCUT2D eigenvalue weighted by Gasteiger charge is -2.18. The Bertz CT molecular complexity index is 1370. The number of hydrogen-bond donors (Lipinski definition) is 1. The predicted octanol–water partition coefficient (Wildman–Crippen LogP) is 5.30. The van der Waals surface area contributed by atoms with Gasteiger partial charge in [-0.2, -0.15) is 0 Å². The summed E-state index contributed by atoms with van der Waals surface area (Å²) < 4.78 is 5.28. The van der Waals surface area contributed by atoms with Crippen LogP contribution in [0.2, 0.25) is 5.02 Å². The predicted molar refractivity (Wildman–Crippen MR) is 139 cm³/mol. The molecular weight excluding hydrogens is 500 g/mol. The standard InChI is InChI=1S/C26H23ClN4O4S/c1-4-12-35-25(34)19-10-5-6-11-20(19)31-23(32)21(30-18-9-7-8-17(27)14-18)22(24(31)33)36-26-28-15(2)13-16(3)29-26/h5-11,13-14,30H,4,12H2,1-3H3. The first-order valence-electron chi connectivity index (χ1n) is 11.2. The summed E-state index contributed by atoms with van der Waals surface area (Å²) >= 11 is 7.11. The van der Waals surface area contributed by atoms with Crippen molar-refractivity contribution < 1.29 is 19.1 Å². The maximum absolute atomic E-state index is 13.7. The van der Waals surface area contributed by atoms with Crippen LogP contribution >= 0.6 is 23.4 Å². The van der Waals surface area contributed by atoms with Crippen LogP contribution in [-0.4, -0.2) is 34.4 Å². The average molecular weight is 523 g/mol. The Morgan fingerprint density at radius 2 is 1.75 bits per heavy atom. The van der Waals surface area contributed by atoms with Crippen LogP contribution in [0, 0.1) is 13.8 Å². The van der Waals surface area contributed by atoms with Crippen molar-refractivity contribution in [2.24, 2.45) is 0 Å². The minimum atomic E-state index is -0.623. The molecule has 1 N–H and O–H groups in total. The van der Waals surface area contributed by atoms with Gasteiger partial charge in [0.1, 0.15) is 10.6 Å². The van der Waals surface area contributed by atoms with Gasteiger partial charge in [0.05, 0.1) is 17.9 Å². The van der Waals surface area contributed by atoms with E-state index in [2.05, 4.69) is 15.3 Å². The highest BCUT2D eigenvalue weighted by Crippen LogP contribution is 2.38. The Kier molecular flexibility index (Phi) is 7.71. The fourth-order valence-corrected chi connectivity index (χ4v) is 4.76. The second-order valence-corrected chi connectivity index (χ2v) is 9.39. The molecule has 184 valence electrons. The van der Waals surface area contributed by atoms with Crippen molar-refractivity contribution in [1.29, 1.82) is 0 Å². The van der Waals surface area contributed by atoms with Crippen LogP contribution < -0.4 is 10.2 Å². The molecule has 1 aliphatic rings. The van der Waals surface area contributed by atoms with Gasteiger partial charge in [-0.3, -0.25) is 9.59 Å². The number of para-hydroxylation sites is 1. The number of hydrogen-bond acceptors (Lipinski definition) is 8. The van der Waals surface area contributed by atoms with E-state index in [4.69, 9.17) is 16.3 Å². The van der Waals surface area contributed by atoms with Gasteiger partial charge in [0.2, 0.25) is 0 Å². The monoisotopic (exact) mass is 522 g/mol. The van der Waals surface area contributed by atoms with Crippen molar-refractivity contribution in [1.82, 2.24) is 9.97 Å². The molecule has 2 aromatic carbocycles. The fourth-order valence-electron chi connectivity index (χ4n) is 3.59. The van der Waals surface area contributed by atoms with E-state index in [-0.39, 0.29) is 28.5 Å². The highest BCUT2D eigenvalue weighted by molar-refractivity contribution is 8.04. The van der Waals surface area contributed by atoms with E-state index in [9.17, 15) is 14.4 Å². The van der Waals surface area contributed by atoms with Crippen LogP contribution in [0.4, 0.5) is 11.4 Å². The van der Waals surface area contributed by atoms with Crippen molar-refractivity contribution in [3.63, 3.8) is 0 Å². The summed E-state index contributed by atoms with van der Waals surface area (Å²) in [7, 11) is 0. The van der Waals surface area contributed by atoms with Gasteiger partial charge in [-0.25, -0.2) is 19.7 Å². The van der Waals surface area contributed by atoms with Crippen LogP contribution in [0.25, 0.3) is 0 Å². The number of imide groups is 1. The van der Waals surface area contributed by atoms with E-state index in [0.717, 1.165) is 28.0 Å². The zero-order valence-corrected chi connectivity index (χ0v) is 21.4. The minimum absolute atomic E-state index is 0.0340. The average Bonchev–Trinajstić information content (AvgIpc) is 3.05. The van der Waals surface area contributed by atoms with Crippen molar-refractivity contribution in [3.05, 3.63) is 87.2 Å². The number of nitrogens with zero attached hydrogens (tertiary/aromatic N) is 3. The molecule has 1 aliphatic heterocycles. The normalized spacial score (nSPS) is 13.4. The van der Waals surface area contributed by atoms with Gasteiger partial charge in [0.25, 0.3) is 11.8 Å². The zero-order valence-electron chi connectivity index (χ0n) is 19.9. The maximum Gasteiger partial charge on any atom is 0.340 e. The molecule has 0 saturated heterocycles. The summed E-state index contributed by atoms with van der Waals surface area (Å²) in [6.07, 6.45) is 0.640. The maximum atomic E-state index is 13.7. The van der Waals surface area contributed by atoms with Gasteiger partial charge >= 0.3 is 5.97 Å². The van der Waals surface area contributed by atoms with E-state index in [1.54, 1.807) is 36.4 Å². The fraction of sp³-hybridized carbons (Fsp3) is 0.192. The van der Waals surface area contributed by atoms with Gasteiger partial charge in [0.15, 0.2) is 5.16 Å². The Hall–Kier alpha value is -3.69. The third-order valence-corrected chi connectivity index (χ3v) is 6.28. The summed E-state index contributed by atoms with van der Waals surface area (Å²) in [6, 6.07) is 15.0. The molecule has 0 aliphatic carbocycles. The summed E-state index contributed by atoms with van der Waals surface area (Å²) in [5.74, 6) is -1.84. The number of amides is 2. The van der Waals surface area contributed by atoms with E-state index >= 15 is 0 Å². The number of nitrogens with one attached hydrogen (secondary N) is 1. The lowest BCUT2D eigenvalue weighted by molar-refractivity contribution is -0.120. The van der Waals surface area contributed by atoms with E-state index in [0.29, 0.717) is 22.3 Å². The molecule has 0 radical (unpaired) electrons. The molecule has 1 aromatic heterocycles. The Morgan fingerprint density at radius 1 is 1.03 bits per heavy atom. The van der Waals surface area contributed by atoms with Crippen LogP contribution in [-0.2, 0) is 14.3 Å². The number of carbonyl (C=O) groups excluding carboxylic acids is 3. The third-order valence-electron chi connectivity index (χ3n) is 5.09. The van der Waals surface area contributed by atoms with Crippen molar-refractivity contribution in [3.8, 4) is 0 Å². The second-order valence-electron chi connectivity index (χ2n) is 7.97.